The van der Waals surface area contributed by atoms with Gasteiger partial charge in [-0.3, -0.25) is 4.99 Å². The summed E-state index contributed by atoms with van der Waals surface area (Å²) in [5, 5.41) is 6.85. The zero-order valence-electron chi connectivity index (χ0n) is 13.1. The van der Waals surface area contributed by atoms with Gasteiger partial charge in [0.15, 0.2) is 5.96 Å². The average molecular weight is 354 g/mol. The molecule has 2 rings (SSSR count). The van der Waals surface area contributed by atoms with E-state index >= 15 is 0 Å². The van der Waals surface area contributed by atoms with E-state index in [-0.39, 0.29) is 5.75 Å². The molecule has 128 valence electrons. The Morgan fingerprint density at radius 1 is 1.04 bits per heavy atom. The number of benzene rings is 2. The molecule has 0 saturated heterocycles. The quantitative estimate of drug-likeness (QED) is 0.613. The van der Waals surface area contributed by atoms with E-state index in [1.54, 1.807) is 25.2 Å². The first kappa shape index (κ1) is 18.0. The standard InChI is InChI=1S/C17H18ClF2N3O/c1-21-17(22-10-12-6-2-4-8-14(12)18)23-11-13-7-3-5-9-15(13)24-16(19)20/h2-9,16H,10-11H2,1H3,(H2,21,22,23). The van der Waals surface area contributed by atoms with Crippen molar-refractivity contribution in [3.63, 3.8) is 0 Å². The maximum absolute atomic E-state index is 12.4. The minimum absolute atomic E-state index is 0.140. The molecule has 0 radical (unpaired) electrons. The fraction of sp³-hybridized carbons (Fsp3) is 0.235. The molecular formula is C17H18ClF2N3O. The van der Waals surface area contributed by atoms with E-state index in [4.69, 9.17) is 11.6 Å². The van der Waals surface area contributed by atoms with Crippen LogP contribution < -0.4 is 15.4 Å². The molecule has 0 aromatic heterocycles. The molecule has 0 saturated carbocycles. The number of hydrogen-bond acceptors (Lipinski definition) is 2. The Bertz CT molecular complexity index is 695. The Morgan fingerprint density at radius 3 is 2.25 bits per heavy atom. The highest BCUT2D eigenvalue weighted by Crippen LogP contribution is 2.20. The van der Waals surface area contributed by atoms with Gasteiger partial charge >= 0.3 is 6.61 Å². The summed E-state index contributed by atoms with van der Waals surface area (Å²) in [6.45, 7) is -2.07. The number of nitrogens with zero attached hydrogens (tertiary/aromatic N) is 1. The summed E-state index contributed by atoms with van der Waals surface area (Å²) in [4.78, 5) is 4.10. The number of para-hydroxylation sites is 1. The molecule has 0 fully saturated rings. The zero-order chi connectivity index (χ0) is 17.4. The van der Waals surface area contributed by atoms with Gasteiger partial charge in [-0.25, -0.2) is 0 Å². The lowest BCUT2D eigenvalue weighted by atomic mass is 10.2. The highest BCUT2D eigenvalue weighted by molar-refractivity contribution is 6.31. The number of rotatable bonds is 6. The molecule has 0 aliphatic rings. The van der Waals surface area contributed by atoms with Crippen molar-refractivity contribution < 1.29 is 13.5 Å². The van der Waals surface area contributed by atoms with E-state index in [9.17, 15) is 8.78 Å². The summed E-state index contributed by atoms with van der Waals surface area (Å²) in [6, 6.07) is 14.1. The van der Waals surface area contributed by atoms with Gasteiger partial charge < -0.3 is 15.4 Å². The van der Waals surface area contributed by atoms with Gasteiger partial charge in [0.1, 0.15) is 5.75 Å². The van der Waals surface area contributed by atoms with Crippen molar-refractivity contribution in [2.75, 3.05) is 7.05 Å². The predicted octanol–water partition coefficient (Wildman–Crippen LogP) is 3.81. The highest BCUT2D eigenvalue weighted by atomic mass is 35.5. The van der Waals surface area contributed by atoms with Crippen molar-refractivity contribution in [3.05, 3.63) is 64.7 Å². The number of halogens is 3. The molecule has 0 amide bonds. The molecule has 7 heteroatoms. The van der Waals surface area contributed by atoms with E-state index in [2.05, 4.69) is 20.4 Å². The first-order chi connectivity index (χ1) is 11.6. The number of ether oxygens (including phenoxy) is 1. The first-order valence-electron chi connectivity index (χ1n) is 7.30. The van der Waals surface area contributed by atoms with E-state index < -0.39 is 6.61 Å². The molecule has 0 unspecified atom stereocenters. The van der Waals surface area contributed by atoms with Crippen LogP contribution in [0, 0.1) is 0 Å². The normalized spacial score (nSPS) is 11.5. The Labute approximate surface area is 144 Å². The number of alkyl halides is 2. The third-order valence-electron chi connectivity index (χ3n) is 3.26. The minimum Gasteiger partial charge on any atom is -0.434 e. The molecule has 2 aromatic rings. The van der Waals surface area contributed by atoms with Gasteiger partial charge in [-0.1, -0.05) is 48.0 Å². The van der Waals surface area contributed by atoms with E-state index in [1.165, 1.54) is 6.07 Å². The fourth-order valence-corrected chi connectivity index (χ4v) is 2.28. The molecule has 24 heavy (non-hydrogen) atoms. The summed E-state index contributed by atoms with van der Waals surface area (Å²) in [5.41, 5.74) is 1.54. The maximum Gasteiger partial charge on any atom is 0.387 e. The third-order valence-corrected chi connectivity index (χ3v) is 3.63. The Kier molecular flexibility index (Phi) is 6.81. The molecular weight excluding hydrogens is 336 g/mol. The van der Waals surface area contributed by atoms with Gasteiger partial charge in [0.25, 0.3) is 0 Å². The first-order valence-corrected chi connectivity index (χ1v) is 7.68. The van der Waals surface area contributed by atoms with Gasteiger partial charge in [0, 0.05) is 30.7 Å². The van der Waals surface area contributed by atoms with Crippen LogP contribution >= 0.6 is 11.6 Å². The minimum atomic E-state index is -2.86. The lowest BCUT2D eigenvalue weighted by Crippen LogP contribution is -2.36. The Balaban J connectivity index is 1.94. The average Bonchev–Trinajstić information content (AvgIpc) is 2.57. The van der Waals surface area contributed by atoms with Crippen molar-refractivity contribution in [1.82, 2.24) is 10.6 Å². The van der Waals surface area contributed by atoms with Crippen LogP contribution in [0.15, 0.2) is 53.5 Å². The van der Waals surface area contributed by atoms with Crippen LogP contribution in [0.4, 0.5) is 8.78 Å². The Hall–Kier alpha value is -2.34. The van der Waals surface area contributed by atoms with Crippen LogP contribution in [-0.2, 0) is 13.1 Å². The van der Waals surface area contributed by atoms with Crippen molar-refractivity contribution in [1.29, 1.82) is 0 Å². The summed E-state index contributed by atoms with van der Waals surface area (Å²) < 4.78 is 29.3. The lowest BCUT2D eigenvalue weighted by Gasteiger charge is -2.15. The number of aliphatic imine (C=N–C) groups is 1. The van der Waals surface area contributed by atoms with Crippen molar-refractivity contribution in [3.8, 4) is 5.75 Å². The molecule has 4 nitrogen and oxygen atoms in total. The number of guanidine groups is 1. The van der Waals surface area contributed by atoms with Crippen LogP contribution in [0.1, 0.15) is 11.1 Å². The molecule has 2 N–H and O–H groups in total. The predicted molar refractivity (Wildman–Crippen MR) is 91.6 cm³/mol. The molecule has 0 heterocycles. The largest absolute Gasteiger partial charge is 0.434 e. The van der Waals surface area contributed by atoms with Gasteiger partial charge in [-0.05, 0) is 17.7 Å². The molecule has 2 aromatic carbocycles. The summed E-state index contributed by atoms with van der Waals surface area (Å²) in [7, 11) is 1.63. The van der Waals surface area contributed by atoms with Crippen LogP contribution in [0.2, 0.25) is 5.02 Å². The molecule has 0 spiro atoms. The van der Waals surface area contributed by atoms with Gasteiger partial charge in [-0.2, -0.15) is 8.78 Å². The zero-order valence-corrected chi connectivity index (χ0v) is 13.9. The number of nitrogens with one attached hydrogen (secondary N) is 2. The highest BCUT2D eigenvalue weighted by Gasteiger charge is 2.09. The monoisotopic (exact) mass is 353 g/mol. The molecule has 0 aliphatic heterocycles. The van der Waals surface area contributed by atoms with Crippen molar-refractivity contribution in [2.24, 2.45) is 4.99 Å². The van der Waals surface area contributed by atoms with Gasteiger partial charge in [-0.15, -0.1) is 0 Å². The van der Waals surface area contributed by atoms with Gasteiger partial charge in [0.05, 0.1) is 0 Å². The summed E-state index contributed by atoms with van der Waals surface area (Å²) in [6.07, 6.45) is 0. The number of hydrogen-bond donors (Lipinski definition) is 2. The second kappa shape index (κ2) is 9.08. The van der Waals surface area contributed by atoms with Crippen molar-refractivity contribution >= 4 is 17.6 Å². The van der Waals surface area contributed by atoms with E-state index in [1.807, 2.05) is 24.3 Å². The smallest absolute Gasteiger partial charge is 0.387 e. The summed E-state index contributed by atoms with van der Waals surface area (Å²) in [5.74, 6) is 0.670. The summed E-state index contributed by atoms with van der Waals surface area (Å²) >= 11 is 6.11. The third kappa shape index (κ3) is 5.38. The second-order valence-electron chi connectivity index (χ2n) is 4.86. The van der Waals surface area contributed by atoms with Crippen LogP contribution in [0.25, 0.3) is 0 Å². The Morgan fingerprint density at radius 2 is 1.62 bits per heavy atom. The molecule has 0 atom stereocenters. The second-order valence-corrected chi connectivity index (χ2v) is 5.26. The van der Waals surface area contributed by atoms with Crippen LogP contribution in [-0.4, -0.2) is 19.6 Å². The van der Waals surface area contributed by atoms with Crippen molar-refractivity contribution in [2.45, 2.75) is 19.7 Å². The van der Waals surface area contributed by atoms with E-state index in [0.717, 1.165) is 5.56 Å². The van der Waals surface area contributed by atoms with Gasteiger partial charge in [0.2, 0.25) is 0 Å². The molecule has 0 aliphatic carbocycles. The maximum atomic E-state index is 12.4. The van der Waals surface area contributed by atoms with Crippen LogP contribution in [0.3, 0.4) is 0 Å². The fourth-order valence-electron chi connectivity index (χ4n) is 2.08. The topological polar surface area (TPSA) is 45.7 Å². The van der Waals surface area contributed by atoms with E-state index in [0.29, 0.717) is 29.6 Å². The lowest BCUT2D eigenvalue weighted by molar-refractivity contribution is -0.0504. The molecule has 0 bridgehead atoms. The SMILES string of the molecule is CN=C(NCc1ccccc1Cl)NCc1ccccc1OC(F)F. The van der Waals surface area contributed by atoms with Crippen LogP contribution in [0.5, 0.6) is 5.75 Å².